The molecule has 0 unspecified atom stereocenters. The van der Waals surface area contributed by atoms with Crippen molar-refractivity contribution in [1.29, 1.82) is 0 Å². The summed E-state index contributed by atoms with van der Waals surface area (Å²) in [6.07, 6.45) is 8.15. The molecule has 0 aromatic heterocycles. The predicted octanol–water partition coefficient (Wildman–Crippen LogP) is 11.4. The van der Waals surface area contributed by atoms with Gasteiger partial charge >= 0.3 is 0 Å². The number of hydrogen-bond donors (Lipinski definition) is 2. The van der Waals surface area contributed by atoms with Crippen molar-refractivity contribution in [2.45, 2.75) is 72.1 Å². The van der Waals surface area contributed by atoms with Crippen molar-refractivity contribution in [2.75, 3.05) is 44.1 Å². The summed E-state index contributed by atoms with van der Waals surface area (Å²) in [4.78, 5) is 50.1. The molecule has 0 radical (unpaired) electrons. The van der Waals surface area contributed by atoms with Crippen molar-refractivity contribution >= 4 is 51.7 Å². The number of anilines is 2. The summed E-state index contributed by atoms with van der Waals surface area (Å²) in [7, 11) is 1.60. The fourth-order valence-electron chi connectivity index (χ4n) is 6.57. The van der Waals surface area contributed by atoms with Gasteiger partial charge in [0.2, 0.25) is 0 Å². The third-order valence-corrected chi connectivity index (χ3v) is 10.3. The Morgan fingerprint density at radius 3 is 1.77 bits per heavy atom. The second-order valence-electron chi connectivity index (χ2n) is 14.9. The number of halogens is 1. The number of hydrazone groups is 1. The topological polar surface area (TPSA) is 145 Å². The Hall–Kier alpha value is -6.66. The normalized spacial score (nSPS) is 11.9. The molecule has 336 valence electrons. The van der Waals surface area contributed by atoms with Crippen LogP contribution in [0.2, 0.25) is 0 Å². The lowest BCUT2D eigenvalue weighted by Gasteiger charge is -2.24. The number of nitrogens with zero attached hydrogens (tertiary/aromatic N) is 2. The van der Waals surface area contributed by atoms with Crippen LogP contribution in [0.1, 0.15) is 119 Å². The summed E-state index contributed by atoms with van der Waals surface area (Å²) in [5.74, 6) is 1.90. The first-order valence-electron chi connectivity index (χ1n) is 21.8. The van der Waals surface area contributed by atoms with Crippen molar-refractivity contribution in [3.63, 3.8) is 0 Å². The van der Waals surface area contributed by atoms with E-state index < -0.39 is 5.24 Å². The van der Waals surface area contributed by atoms with Crippen LogP contribution in [-0.2, 0) is 0 Å². The number of nitrogens with one attached hydrogen (secondary N) is 2. The monoisotopic (exact) mass is 888 g/mol. The average Bonchev–Trinajstić information content (AvgIpc) is 3.32. The number of carbonyl (C=O) groups excluding carboxylic acids is 4. The van der Waals surface area contributed by atoms with E-state index in [4.69, 9.17) is 30.5 Å². The second-order valence-corrected chi connectivity index (χ2v) is 15.2. The maximum atomic E-state index is 13.5. The Labute approximate surface area is 380 Å². The first-order valence-corrected chi connectivity index (χ1v) is 22.2. The molecule has 1 aliphatic rings. The fraction of sp³-hybridized carbons (Fsp3) is 0.314. The highest BCUT2D eigenvalue weighted by Gasteiger charge is 2.22. The molecule has 0 fully saturated rings. The number of methoxy groups -OCH3 is 1. The minimum absolute atomic E-state index is 0.263. The number of carbonyl (C=O) groups is 4. The molecule has 5 aromatic rings. The van der Waals surface area contributed by atoms with Gasteiger partial charge in [-0.15, -0.1) is 0 Å². The molecule has 0 aliphatic carbocycles. The average molecular weight is 889 g/mol. The number of amides is 3. The van der Waals surface area contributed by atoms with Crippen LogP contribution in [0.15, 0.2) is 120 Å². The van der Waals surface area contributed by atoms with Crippen LogP contribution in [0.3, 0.4) is 0 Å². The lowest BCUT2D eigenvalue weighted by Crippen LogP contribution is -2.32. The number of rotatable bonds is 20. The summed E-state index contributed by atoms with van der Waals surface area (Å²) in [6, 6.07) is 32.9. The van der Waals surface area contributed by atoms with E-state index in [9.17, 15) is 19.2 Å². The minimum Gasteiger partial charge on any atom is -0.494 e. The van der Waals surface area contributed by atoms with Crippen LogP contribution in [0, 0.1) is 0 Å². The maximum Gasteiger partial charge on any atom is 0.274 e. The van der Waals surface area contributed by atoms with E-state index in [1.165, 1.54) is 17.9 Å². The lowest BCUT2D eigenvalue weighted by molar-refractivity contribution is 0.0751. The highest BCUT2D eigenvalue weighted by atomic mass is 35.5. The molecule has 12 nitrogen and oxygen atoms in total. The largest absolute Gasteiger partial charge is 0.494 e. The van der Waals surface area contributed by atoms with E-state index in [1.807, 2.05) is 25.1 Å². The minimum atomic E-state index is -0.437. The van der Waals surface area contributed by atoms with Crippen LogP contribution in [0.4, 0.5) is 11.4 Å². The van der Waals surface area contributed by atoms with Crippen molar-refractivity contribution in [3.8, 4) is 23.0 Å². The first-order chi connectivity index (χ1) is 31.1. The summed E-state index contributed by atoms with van der Waals surface area (Å²) in [6.45, 7) is 8.56. The van der Waals surface area contributed by atoms with E-state index in [0.29, 0.717) is 64.9 Å². The van der Waals surface area contributed by atoms with E-state index in [2.05, 4.69) is 29.6 Å². The van der Waals surface area contributed by atoms with Crippen molar-refractivity contribution in [2.24, 2.45) is 5.10 Å². The van der Waals surface area contributed by atoms with E-state index in [0.717, 1.165) is 67.9 Å². The number of unbranched alkanes of at least 4 members (excludes halogenated alkanes) is 4. The molecule has 13 heteroatoms. The molecule has 1 aliphatic heterocycles. The molecular formula is C51H57ClN4O8. The molecule has 0 spiro atoms. The van der Waals surface area contributed by atoms with Crippen LogP contribution < -0.4 is 29.6 Å². The Morgan fingerprint density at radius 2 is 1.20 bits per heavy atom. The van der Waals surface area contributed by atoms with Gasteiger partial charge in [-0.2, -0.15) is 5.10 Å². The molecule has 3 amide bonds. The summed E-state index contributed by atoms with van der Waals surface area (Å²) >= 11 is 5.32. The zero-order valence-electron chi connectivity index (χ0n) is 37.0. The van der Waals surface area contributed by atoms with Crippen LogP contribution in [-0.4, -0.2) is 67.2 Å². The third kappa shape index (κ3) is 14.7. The Balaban J connectivity index is 0.000000435. The lowest BCUT2D eigenvalue weighted by atomic mass is 10.0. The summed E-state index contributed by atoms with van der Waals surface area (Å²) in [5, 5.41) is 11.4. The van der Waals surface area contributed by atoms with Crippen molar-refractivity contribution < 1.29 is 38.1 Å². The smallest absolute Gasteiger partial charge is 0.274 e. The summed E-state index contributed by atoms with van der Waals surface area (Å²) < 4.78 is 22.3. The SMILES string of the molecule is CCCCCOc1ccc(C(=O)Cl)cc1.CCCCCOc1ccc(C(=O)Nc2ccc(C(=O)Nc3cccc(C(=O)N4CCCC(c5ccc(OC)c(OCC)c5)=N4)c3)cc2)cc1. The van der Waals surface area contributed by atoms with Gasteiger partial charge in [-0.3, -0.25) is 19.2 Å². The number of hydrogen-bond acceptors (Lipinski definition) is 9. The Bertz CT molecular complexity index is 2330. The molecule has 0 bridgehead atoms. The van der Waals surface area contributed by atoms with Gasteiger partial charge in [0.1, 0.15) is 11.5 Å². The van der Waals surface area contributed by atoms with Gasteiger partial charge in [-0.05, 0) is 153 Å². The molecule has 6 rings (SSSR count). The van der Waals surface area contributed by atoms with Gasteiger partial charge in [0, 0.05) is 45.7 Å². The zero-order valence-corrected chi connectivity index (χ0v) is 37.7. The maximum absolute atomic E-state index is 13.5. The highest BCUT2D eigenvalue weighted by molar-refractivity contribution is 6.67. The molecule has 0 atom stereocenters. The van der Waals surface area contributed by atoms with Gasteiger partial charge in [-0.25, -0.2) is 5.01 Å². The van der Waals surface area contributed by atoms with Gasteiger partial charge in [0.05, 0.1) is 32.6 Å². The van der Waals surface area contributed by atoms with Crippen molar-refractivity contribution in [3.05, 3.63) is 143 Å². The van der Waals surface area contributed by atoms with E-state index >= 15 is 0 Å². The van der Waals surface area contributed by atoms with Gasteiger partial charge < -0.3 is 29.6 Å². The molecular weight excluding hydrogens is 832 g/mol. The van der Waals surface area contributed by atoms with Crippen LogP contribution in [0.25, 0.3) is 0 Å². The molecule has 1 heterocycles. The Kier molecular flexibility index (Phi) is 19.2. The third-order valence-electron chi connectivity index (χ3n) is 10.1. The van der Waals surface area contributed by atoms with Crippen LogP contribution >= 0.6 is 11.6 Å². The molecule has 0 saturated carbocycles. The standard InChI is InChI=1S/C39H42N4O6.C12H15ClO2/c1-4-6-7-24-49-33-20-15-28(16-21-33)37(44)40-31-18-13-27(14-19-31)38(45)41-32-11-8-10-30(25-32)39(46)43-23-9-12-34(42-43)29-17-22-35(47-3)36(26-29)48-5-2;1-2-3-4-9-15-11-7-5-10(6-8-11)12(13)14/h8,10-11,13-22,25-26H,4-7,9,12,23-24H2,1-3H3,(H,40,44)(H,41,45);5-8H,2-4,9H2,1H3. The van der Waals surface area contributed by atoms with E-state index in [-0.39, 0.29) is 17.7 Å². The molecule has 2 N–H and O–H groups in total. The molecule has 5 aromatic carbocycles. The van der Waals surface area contributed by atoms with Gasteiger partial charge in [0.15, 0.2) is 11.5 Å². The summed E-state index contributed by atoms with van der Waals surface area (Å²) in [5.41, 5.74) is 4.48. The van der Waals surface area contributed by atoms with Gasteiger partial charge in [-0.1, -0.05) is 45.6 Å². The first kappa shape index (κ1) is 48.4. The van der Waals surface area contributed by atoms with E-state index in [1.54, 1.807) is 104 Å². The zero-order chi connectivity index (χ0) is 45.7. The number of ether oxygens (including phenoxy) is 4. The van der Waals surface area contributed by atoms with Crippen LogP contribution in [0.5, 0.6) is 23.0 Å². The highest BCUT2D eigenvalue weighted by Crippen LogP contribution is 2.30. The quantitative estimate of drug-likeness (QED) is 0.0580. The predicted molar refractivity (Wildman–Crippen MR) is 253 cm³/mol. The molecule has 64 heavy (non-hydrogen) atoms. The molecule has 0 saturated heterocycles. The second kappa shape index (κ2) is 25.4. The Morgan fingerprint density at radius 1 is 0.625 bits per heavy atom. The fourth-order valence-corrected chi connectivity index (χ4v) is 6.70. The van der Waals surface area contributed by atoms with Gasteiger partial charge in [0.25, 0.3) is 23.0 Å². The number of benzene rings is 5. The van der Waals surface area contributed by atoms with Crippen molar-refractivity contribution in [1.82, 2.24) is 5.01 Å².